The van der Waals surface area contributed by atoms with Gasteiger partial charge in [0.1, 0.15) is 5.75 Å². The van der Waals surface area contributed by atoms with Gasteiger partial charge >= 0.3 is 6.72 Å². The van der Waals surface area contributed by atoms with Gasteiger partial charge in [-0.25, -0.2) is 0 Å². The summed E-state index contributed by atoms with van der Waals surface area (Å²) in [6, 6.07) is 5.36. The van der Waals surface area contributed by atoms with E-state index in [1.165, 1.54) is 7.11 Å². The van der Waals surface area contributed by atoms with Crippen LogP contribution in [0.1, 0.15) is 18.6 Å². The van der Waals surface area contributed by atoms with Crippen molar-refractivity contribution in [1.29, 1.82) is 0 Å². The molecule has 0 N–H and O–H groups in total. The van der Waals surface area contributed by atoms with E-state index in [1.807, 2.05) is 13.0 Å². The quantitative estimate of drug-likeness (QED) is 0.723. The van der Waals surface area contributed by atoms with Crippen molar-refractivity contribution in [3.05, 3.63) is 28.8 Å². The monoisotopic (exact) mass is 264 g/mol. The summed E-state index contributed by atoms with van der Waals surface area (Å²) >= 11 is 11.0. The van der Waals surface area contributed by atoms with Gasteiger partial charge in [-0.15, -0.1) is 0 Å². The standard InChI is InChI=1S/C9H10ClO3PS/c1-6-8-5-7(10)3-4-9(8)13-14(15,11-2)12-6/h3-6H,1-2H3/t6-,14?/m1/s1. The van der Waals surface area contributed by atoms with Crippen molar-refractivity contribution in [2.24, 2.45) is 0 Å². The first-order valence-corrected chi connectivity index (χ1v) is 7.31. The molecule has 1 aromatic rings. The van der Waals surface area contributed by atoms with E-state index in [0.29, 0.717) is 10.8 Å². The number of rotatable bonds is 1. The molecule has 1 aliphatic rings. The Morgan fingerprint density at radius 3 is 2.93 bits per heavy atom. The molecule has 0 amide bonds. The van der Waals surface area contributed by atoms with E-state index in [0.717, 1.165) is 5.56 Å². The van der Waals surface area contributed by atoms with E-state index >= 15 is 0 Å². The second-order valence-corrected chi connectivity index (χ2v) is 6.58. The highest BCUT2D eigenvalue weighted by Gasteiger charge is 2.32. The topological polar surface area (TPSA) is 27.7 Å². The predicted octanol–water partition coefficient (Wildman–Crippen LogP) is 3.68. The van der Waals surface area contributed by atoms with Crippen LogP contribution in [0.3, 0.4) is 0 Å². The highest BCUT2D eigenvalue weighted by Crippen LogP contribution is 2.58. The molecule has 0 saturated heterocycles. The molecule has 2 atom stereocenters. The van der Waals surface area contributed by atoms with Crippen LogP contribution in [0.4, 0.5) is 0 Å². The van der Waals surface area contributed by atoms with Crippen LogP contribution in [0.2, 0.25) is 5.02 Å². The molecule has 15 heavy (non-hydrogen) atoms. The van der Waals surface area contributed by atoms with Gasteiger partial charge in [-0.3, -0.25) is 4.52 Å². The molecule has 1 unspecified atom stereocenters. The van der Waals surface area contributed by atoms with Crippen molar-refractivity contribution in [2.45, 2.75) is 13.0 Å². The van der Waals surface area contributed by atoms with Gasteiger partial charge in [-0.2, -0.15) is 0 Å². The van der Waals surface area contributed by atoms with Crippen molar-refractivity contribution in [2.75, 3.05) is 7.11 Å². The van der Waals surface area contributed by atoms with Crippen molar-refractivity contribution in [1.82, 2.24) is 0 Å². The molecule has 1 aliphatic heterocycles. The van der Waals surface area contributed by atoms with E-state index in [2.05, 4.69) is 0 Å². The molecule has 0 aromatic heterocycles. The fourth-order valence-electron chi connectivity index (χ4n) is 1.39. The van der Waals surface area contributed by atoms with Crippen LogP contribution in [0.15, 0.2) is 18.2 Å². The second kappa shape index (κ2) is 4.04. The molecule has 3 nitrogen and oxygen atoms in total. The van der Waals surface area contributed by atoms with Gasteiger partial charge in [0.15, 0.2) is 0 Å². The lowest BCUT2D eigenvalue weighted by Gasteiger charge is -2.31. The number of fused-ring (bicyclic) bond motifs is 1. The van der Waals surface area contributed by atoms with Gasteiger partial charge in [0.25, 0.3) is 0 Å². The lowest BCUT2D eigenvalue weighted by molar-refractivity contribution is 0.154. The molecule has 0 saturated carbocycles. The zero-order valence-electron chi connectivity index (χ0n) is 8.27. The van der Waals surface area contributed by atoms with Gasteiger partial charge in [-0.05, 0) is 25.1 Å². The Bertz CT molecular complexity index is 437. The SMILES string of the molecule is COP1(=S)Oc2ccc(Cl)cc2[C@@H](C)O1. The van der Waals surface area contributed by atoms with Crippen LogP contribution in [0.25, 0.3) is 0 Å². The van der Waals surface area contributed by atoms with Gasteiger partial charge < -0.3 is 9.05 Å². The highest BCUT2D eigenvalue weighted by molar-refractivity contribution is 8.07. The van der Waals surface area contributed by atoms with Crippen molar-refractivity contribution in [3.8, 4) is 5.75 Å². The summed E-state index contributed by atoms with van der Waals surface area (Å²) in [5.41, 5.74) is 0.903. The van der Waals surface area contributed by atoms with E-state index in [4.69, 9.17) is 37.0 Å². The maximum Gasteiger partial charge on any atom is 0.380 e. The van der Waals surface area contributed by atoms with Crippen molar-refractivity contribution >= 4 is 30.1 Å². The number of hydrogen-bond donors (Lipinski definition) is 0. The van der Waals surface area contributed by atoms with Gasteiger partial charge in [0.2, 0.25) is 0 Å². The molecule has 2 rings (SSSR count). The summed E-state index contributed by atoms with van der Waals surface area (Å²) in [7, 11) is 1.49. The van der Waals surface area contributed by atoms with Gasteiger partial charge in [-0.1, -0.05) is 11.6 Å². The Kier molecular flexibility index (Phi) is 3.06. The first-order valence-electron chi connectivity index (χ1n) is 4.37. The largest absolute Gasteiger partial charge is 0.424 e. The molecule has 1 aromatic carbocycles. The van der Waals surface area contributed by atoms with Crippen molar-refractivity contribution < 1.29 is 13.6 Å². The Morgan fingerprint density at radius 2 is 2.27 bits per heavy atom. The summed E-state index contributed by atoms with van der Waals surface area (Å²) in [6.07, 6.45) is -0.154. The number of benzene rings is 1. The van der Waals surface area contributed by atoms with E-state index < -0.39 is 6.72 Å². The molecule has 0 fully saturated rings. The highest BCUT2D eigenvalue weighted by atomic mass is 35.5. The Labute approximate surface area is 98.5 Å². The molecule has 0 bridgehead atoms. The van der Waals surface area contributed by atoms with Crippen LogP contribution in [0, 0.1) is 0 Å². The molecule has 0 radical (unpaired) electrons. The number of hydrogen-bond acceptors (Lipinski definition) is 4. The average molecular weight is 265 g/mol. The smallest absolute Gasteiger partial charge is 0.380 e. The maximum absolute atomic E-state index is 5.89. The lowest BCUT2D eigenvalue weighted by atomic mass is 10.1. The molecular weight excluding hydrogens is 255 g/mol. The minimum absolute atomic E-state index is 0.154. The summed E-state index contributed by atoms with van der Waals surface area (Å²) in [5.74, 6) is 0.698. The third kappa shape index (κ3) is 2.19. The third-order valence-electron chi connectivity index (χ3n) is 2.13. The predicted molar refractivity (Wildman–Crippen MR) is 62.9 cm³/mol. The van der Waals surface area contributed by atoms with Crippen LogP contribution < -0.4 is 4.52 Å². The van der Waals surface area contributed by atoms with Gasteiger partial charge in [0, 0.05) is 29.5 Å². The fraction of sp³-hybridized carbons (Fsp3) is 0.333. The minimum atomic E-state index is -2.61. The summed E-state index contributed by atoms with van der Waals surface area (Å²) in [4.78, 5) is 0. The van der Waals surface area contributed by atoms with Crippen LogP contribution in [-0.4, -0.2) is 7.11 Å². The molecule has 1 heterocycles. The maximum atomic E-state index is 5.89. The molecule has 0 spiro atoms. The van der Waals surface area contributed by atoms with Crippen LogP contribution in [0.5, 0.6) is 5.75 Å². The Balaban J connectivity index is 2.45. The first-order chi connectivity index (χ1) is 7.04. The summed E-state index contributed by atoms with van der Waals surface area (Å²) in [6.45, 7) is -0.707. The average Bonchev–Trinajstić information content (AvgIpc) is 2.20. The normalized spacial score (nSPS) is 29.4. The summed E-state index contributed by atoms with van der Waals surface area (Å²) < 4.78 is 16.1. The zero-order valence-corrected chi connectivity index (χ0v) is 10.7. The van der Waals surface area contributed by atoms with Gasteiger partial charge in [0.05, 0.1) is 6.10 Å². The fourth-order valence-corrected chi connectivity index (χ4v) is 3.31. The Morgan fingerprint density at radius 1 is 1.53 bits per heavy atom. The first kappa shape index (κ1) is 11.4. The van der Waals surface area contributed by atoms with Crippen LogP contribution >= 0.6 is 18.3 Å². The molecule has 6 heteroatoms. The zero-order chi connectivity index (χ0) is 11.1. The van der Waals surface area contributed by atoms with E-state index in [9.17, 15) is 0 Å². The summed E-state index contributed by atoms with van der Waals surface area (Å²) in [5, 5.41) is 0.653. The number of halogens is 1. The third-order valence-corrected chi connectivity index (χ3v) is 4.74. The Hall–Kier alpha value is -0.120. The molecule has 82 valence electrons. The van der Waals surface area contributed by atoms with E-state index in [-0.39, 0.29) is 6.10 Å². The van der Waals surface area contributed by atoms with Crippen molar-refractivity contribution in [3.63, 3.8) is 0 Å². The lowest BCUT2D eigenvalue weighted by Crippen LogP contribution is -2.11. The molecule has 0 aliphatic carbocycles. The minimum Gasteiger partial charge on any atom is -0.424 e. The van der Waals surface area contributed by atoms with E-state index in [1.54, 1.807) is 12.1 Å². The second-order valence-electron chi connectivity index (χ2n) is 3.15. The molecular formula is C9H10ClO3PS. The van der Waals surface area contributed by atoms with Crippen LogP contribution in [-0.2, 0) is 20.9 Å².